The molecule has 1 heterocycles. The summed E-state index contributed by atoms with van der Waals surface area (Å²) in [6, 6.07) is 5.39. The van der Waals surface area contributed by atoms with Gasteiger partial charge in [-0.25, -0.2) is 0 Å². The van der Waals surface area contributed by atoms with Gasteiger partial charge in [-0.3, -0.25) is 10.1 Å². The van der Waals surface area contributed by atoms with E-state index in [1.54, 1.807) is 19.2 Å². The molecule has 2 rings (SSSR count). The zero-order chi connectivity index (χ0) is 14.5. The van der Waals surface area contributed by atoms with Gasteiger partial charge in [0.05, 0.1) is 24.2 Å². The quantitative estimate of drug-likeness (QED) is 0.592. The minimum absolute atomic E-state index is 0.0121. The lowest BCUT2D eigenvalue weighted by Gasteiger charge is -2.26. The Morgan fingerprint density at radius 2 is 2.30 bits per heavy atom. The van der Waals surface area contributed by atoms with E-state index in [1.165, 1.54) is 6.07 Å². The molecule has 0 amide bonds. The highest BCUT2D eigenvalue weighted by Crippen LogP contribution is 2.34. The van der Waals surface area contributed by atoms with Crippen molar-refractivity contribution in [3.05, 3.63) is 28.3 Å². The lowest BCUT2D eigenvalue weighted by Crippen LogP contribution is -2.32. The Labute approximate surface area is 118 Å². The Kier molecular flexibility index (Phi) is 4.79. The van der Waals surface area contributed by atoms with E-state index in [-0.39, 0.29) is 5.69 Å². The van der Waals surface area contributed by atoms with Crippen molar-refractivity contribution in [2.75, 3.05) is 31.8 Å². The van der Waals surface area contributed by atoms with Gasteiger partial charge in [0.15, 0.2) is 5.75 Å². The number of rotatable bonds is 6. The Balaban J connectivity index is 2.28. The molecule has 0 N–H and O–H groups in total. The highest BCUT2D eigenvalue weighted by Gasteiger charge is 2.26. The van der Waals surface area contributed by atoms with E-state index in [0.29, 0.717) is 25.0 Å². The summed E-state index contributed by atoms with van der Waals surface area (Å²) < 4.78 is 10.6. The molecule has 1 aliphatic heterocycles. The van der Waals surface area contributed by atoms with Gasteiger partial charge in [0.2, 0.25) is 0 Å². The van der Waals surface area contributed by atoms with Crippen molar-refractivity contribution in [2.24, 2.45) is 0 Å². The van der Waals surface area contributed by atoms with Crippen LogP contribution in [0, 0.1) is 10.1 Å². The third kappa shape index (κ3) is 3.01. The number of ether oxygens (including phenoxy) is 2. The fourth-order valence-electron chi connectivity index (χ4n) is 2.64. The van der Waals surface area contributed by atoms with Crippen molar-refractivity contribution in [3.63, 3.8) is 0 Å². The lowest BCUT2D eigenvalue weighted by atomic mass is 10.2. The van der Waals surface area contributed by atoms with Gasteiger partial charge >= 0.3 is 5.69 Å². The molecule has 0 aromatic heterocycles. The molecule has 6 heteroatoms. The van der Waals surface area contributed by atoms with Gasteiger partial charge in [0.25, 0.3) is 0 Å². The number of nitro benzene ring substituents is 1. The van der Waals surface area contributed by atoms with Crippen LogP contribution in [-0.2, 0) is 4.74 Å². The van der Waals surface area contributed by atoms with Crippen LogP contribution < -0.4 is 9.64 Å². The normalized spacial score (nSPS) is 18.3. The van der Waals surface area contributed by atoms with E-state index in [1.807, 2.05) is 6.92 Å². The molecule has 6 nitrogen and oxygen atoms in total. The minimum Gasteiger partial charge on any atom is -0.487 e. The van der Waals surface area contributed by atoms with Crippen LogP contribution in [0.25, 0.3) is 0 Å². The third-order valence-corrected chi connectivity index (χ3v) is 3.51. The number of nitro groups is 1. The fraction of sp³-hybridized carbons (Fsp3) is 0.571. The predicted molar refractivity (Wildman–Crippen MR) is 76.5 cm³/mol. The molecule has 0 bridgehead atoms. The Hall–Kier alpha value is -1.82. The summed E-state index contributed by atoms with van der Waals surface area (Å²) in [6.07, 6.45) is 2.18. The lowest BCUT2D eigenvalue weighted by molar-refractivity contribution is -0.385. The van der Waals surface area contributed by atoms with E-state index >= 15 is 0 Å². The number of hydrogen-bond acceptors (Lipinski definition) is 5. The number of anilines is 1. The second kappa shape index (κ2) is 6.56. The standard InChI is InChI=1S/C14H20N2O4/c1-3-20-14-9-11(6-7-13(14)16(17)18)15-8-4-5-12(15)10-19-2/h6-7,9,12H,3-5,8,10H2,1-2H3. The summed E-state index contributed by atoms with van der Waals surface area (Å²) in [5, 5.41) is 11.0. The van der Waals surface area contributed by atoms with Gasteiger partial charge in [0.1, 0.15) is 0 Å². The van der Waals surface area contributed by atoms with Crippen molar-refractivity contribution < 1.29 is 14.4 Å². The maximum Gasteiger partial charge on any atom is 0.311 e. The van der Waals surface area contributed by atoms with E-state index in [4.69, 9.17) is 9.47 Å². The monoisotopic (exact) mass is 280 g/mol. The highest BCUT2D eigenvalue weighted by atomic mass is 16.6. The Morgan fingerprint density at radius 1 is 1.50 bits per heavy atom. The van der Waals surface area contributed by atoms with Gasteiger partial charge in [-0.2, -0.15) is 0 Å². The Morgan fingerprint density at radius 3 is 2.95 bits per heavy atom. The van der Waals surface area contributed by atoms with Crippen LogP contribution in [0.3, 0.4) is 0 Å². The first-order chi connectivity index (χ1) is 9.67. The summed E-state index contributed by atoms with van der Waals surface area (Å²) in [5.74, 6) is 0.332. The van der Waals surface area contributed by atoms with Crippen molar-refractivity contribution in [3.8, 4) is 5.75 Å². The van der Waals surface area contributed by atoms with Crippen molar-refractivity contribution in [2.45, 2.75) is 25.8 Å². The summed E-state index contributed by atoms with van der Waals surface area (Å²) >= 11 is 0. The van der Waals surface area contributed by atoms with Crippen LogP contribution in [-0.4, -0.2) is 37.8 Å². The maximum atomic E-state index is 11.0. The smallest absolute Gasteiger partial charge is 0.311 e. The van der Waals surface area contributed by atoms with Crippen molar-refractivity contribution in [1.82, 2.24) is 0 Å². The Bertz CT molecular complexity index is 478. The molecule has 0 spiro atoms. The molecule has 1 fully saturated rings. The second-order valence-corrected chi connectivity index (χ2v) is 4.79. The minimum atomic E-state index is -0.411. The molecule has 1 aliphatic rings. The van der Waals surface area contributed by atoms with E-state index < -0.39 is 4.92 Å². The van der Waals surface area contributed by atoms with Crippen LogP contribution in [0.15, 0.2) is 18.2 Å². The predicted octanol–water partition coefficient (Wildman–Crippen LogP) is 2.61. The largest absolute Gasteiger partial charge is 0.487 e. The first-order valence-corrected chi connectivity index (χ1v) is 6.84. The van der Waals surface area contributed by atoms with Crippen LogP contribution in [0.1, 0.15) is 19.8 Å². The summed E-state index contributed by atoms with van der Waals surface area (Å²) in [6.45, 7) is 3.84. The van der Waals surface area contributed by atoms with E-state index in [2.05, 4.69) is 4.90 Å². The number of methoxy groups -OCH3 is 1. The molecule has 0 saturated carbocycles. The summed E-state index contributed by atoms with van der Waals surface area (Å²) in [7, 11) is 1.69. The topological polar surface area (TPSA) is 64.8 Å². The van der Waals surface area contributed by atoms with Crippen LogP contribution >= 0.6 is 0 Å². The van der Waals surface area contributed by atoms with E-state index in [0.717, 1.165) is 25.1 Å². The molecule has 1 aromatic rings. The van der Waals surface area contributed by atoms with Gasteiger partial charge in [-0.1, -0.05) is 0 Å². The first-order valence-electron chi connectivity index (χ1n) is 6.84. The first kappa shape index (κ1) is 14.6. The third-order valence-electron chi connectivity index (χ3n) is 3.51. The van der Waals surface area contributed by atoms with Gasteiger partial charge in [-0.15, -0.1) is 0 Å². The molecule has 20 heavy (non-hydrogen) atoms. The van der Waals surface area contributed by atoms with Gasteiger partial charge < -0.3 is 14.4 Å². The zero-order valence-corrected chi connectivity index (χ0v) is 11.9. The highest BCUT2D eigenvalue weighted by molar-refractivity contribution is 5.60. The number of nitrogens with zero attached hydrogens (tertiary/aromatic N) is 2. The molecule has 0 aliphatic carbocycles. The average Bonchev–Trinajstić information content (AvgIpc) is 2.87. The fourth-order valence-corrected chi connectivity index (χ4v) is 2.64. The van der Waals surface area contributed by atoms with Crippen LogP contribution in [0.4, 0.5) is 11.4 Å². The van der Waals surface area contributed by atoms with Crippen molar-refractivity contribution in [1.29, 1.82) is 0 Å². The molecule has 1 unspecified atom stereocenters. The SMILES string of the molecule is CCOc1cc(N2CCCC2COC)ccc1[N+](=O)[O-]. The molecule has 1 atom stereocenters. The number of hydrogen-bond donors (Lipinski definition) is 0. The molecule has 1 aromatic carbocycles. The van der Waals surface area contributed by atoms with Crippen LogP contribution in [0.5, 0.6) is 5.75 Å². The summed E-state index contributed by atoms with van der Waals surface area (Å²) in [5.41, 5.74) is 0.969. The summed E-state index contributed by atoms with van der Waals surface area (Å²) in [4.78, 5) is 12.8. The average molecular weight is 280 g/mol. The zero-order valence-electron chi connectivity index (χ0n) is 11.9. The van der Waals surface area contributed by atoms with Gasteiger partial charge in [0, 0.05) is 31.5 Å². The second-order valence-electron chi connectivity index (χ2n) is 4.79. The number of benzene rings is 1. The molecular weight excluding hydrogens is 260 g/mol. The molecule has 110 valence electrons. The van der Waals surface area contributed by atoms with Crippen molar-refractivity contribution >= 4 is 11.4 Å². The molecular formula is C14H20N2O4. The molecule has 1 saturated heterocycles. The van der Waals surface area contributed by atoms with Gasteiger partial charge in [-0.05, 0) is 25.8 Å². The van der Waals surface area contributed by atoms with Crippen LogP contribution in [0.2, 0.25) is 0 Å². The van der Waals surface area contributed by atoms with E-state index in [9.17, 15) is 10.1 Å². The molecule has 0 radical (unpaired) electrons. The maximum absolute atomic E-state index is 11.0.